The Balaban J connectivity index is 1.58. The number of carbonyl (C=O) groups excluding carboxylic acids is 1. The summed E-state index contributed by atoms with van der Waals surface area (Å²) in [6.45, 7) is 2.42. The molecule has 0 spiro atoms. The second-order valence-electron chi connectivity index (χ2n) is 6.22. The summed E-state index contributed by atoms with van der Waals surface area (Å²) in [7, 11) is -3.79. The third-order valence-electron chi connectivity index (χ3n) is 4.00. The van der Waals surface area contributed by atoms with Crippen LogP contribution in [-0.4, -0.2) is 27.2 Å². The highest BCUT2D eigenvalue weighted by Gasteiger charge is 2.12. The van der Waals surface area contributed by atoms with Crippen molar-refractivity contribution in [3.05, 3.63) is 88.9 Å². The van der Waals surface area contributed by atoms with Crippen LogP contribution < -0.4 is 14.3 Å². The van der Waals surface area contributed by atoms with Gasteiger partial charge in [-0.25, -0.2) is 9.63 Å². The van der Waals surface area contributed by atoms with Gasteiger partial charge in [-0.15, -0.1) is 0 Å². The Labute approximate surface area is 185 Å². The molecule has 1 N–H and O–H groups in total. The summed E-state index contributed by atoms with van der Waals surface area (Å²) < 4.78 is 35.0. The molecule has 3 aromatic rings. The zero-order chi connectivity index (χ0) is 22.3. The molecule has 160 valence electrons. The van der Waals surface area contributed by atoms with Crippen molar-refractivity contribution in [1.29, 1.82) is 0 Å². The highest BCUT2D eigenvalue weighted by atomic mass is 35.5. The maximum absolute atomic E-state index is 12.2. The summed E-state index contributed by atoms with van der Waals surface area (Å²) in [6, 6.07) is 18.8. The molecule has 0 amide bonds. The maximum Gasteiger partial charge on any atom is 0.343 e. The van der Waals surface area contributed by atoms with Gasteiger partial charge in [-0.1, -0.05) is 11.6 Å². The Morgan fingerprint density at radius 2 is 1.58 bits per heavy atom. The van der Waals surface area contributed by atoms with Gasteiger partial charge in [0, 0.05) is 5.02 Å². The van der Waals surface area contributed by atoms with Gasteiger partial charge in [0.2, 0.25) is 0 Å². The number of benzene rings is 3. The Kier molecular flexibility index (Phi) is 7.28. The summed E-state index contributed by atoms with van der Waals surface area (Å²) in [5, 5.41) is 4.19. The highest BCUT2D eigenvalue weighted by molar-refractivity contribution is 7.89. The molecule has 0 saturated carbocycles. The van der Waals surface area contributed by atoms with E-state index in [4.69, 9.17) is 21.1 Å². The topological polar surface area (TPSA) is 94.1 Å². The molecule has 0 bridgehead atoms. The van der Waals surface area contributed by atoms with Gasteiger partial charge in [0.05, 0.1) is 23.3 Å². The lowest BCUT2D eigenvalue weighted by molar-refractivity contribution is 0.0734. The van der Waals surface area contributed by atoms with Gasteiger partial charge in [0.1, 0.15) is 11.5 Å². The molecule has 0 aliphatic carbocycles. The average molecular weight is 459 g/mol. The maximum atomic E-state index is 12.2. The van der Waals surface area contributed by atoms with Crippen LogP contribution in [0.25, 0.3) is 0 Å². The van der Waals surface area contributed by atoms with Crippen molar-refractivity contribution in [1.82, 2.24) is 4.83 Å². The summed E-state index contributed by atoms with van der Waals surface area (Å²) in [6.07, 6.45) is 1.34. The number of ether oxygens (including phenoxy) is 2. The minimum absolute atomic E-state index is 0.0469. The van der Waals surface area contributed by atoms with Crippen LogP contribution in [0.2, 0.25) is 5.02 Å². The SMILES string of the molecule is CCOc1ccc(C(=O)Oc2ccc(/C=N\NS(=O)(=O)c3ccc(Cl)cc3)cc2)cc1. The minimum atomic E-state index is -3.79. The number of sulfonamides is 1. The first-order valence-electron chi connectivity index (χ1n) is 9.23. The van der Waals surface area contributed by atoms with E-state index in [1.165, 1.54) is 30.5 Å². The van der Waals surface area contributed by atoms with E-state index in [1.807, 2.05) is 6.92 Å². The first-order chi connectivity index (χ1) is 14.9. The number of carbonyl (C=O) groups is 1. The fourth-order valence-corrected chi connectivity index (χ4v) is 3.40. The van der Waals surface area contributed by atoms with Gasteiger partial charge in [0.25, 0.3) is 10.0 Å². The summed E-state index contributed by atoms with van der Waals surface area (Å²) >= 11 is 5.76. The van der Waals surface area contributed by atoms with Crippen LogP contribution in [0.1, 0.15) is 22.8 Å². The predicted molar refractivity (Wildman–Crippen MR) is 118 cm³/mol. The molecule has 3 aromatic carbocycles. The largest absolute Gasteiger partial charge is 0.494 e. The Morgan fingerprint density at radius 1 is 0.968 bits per heavy atom. The molecule has 0 aliphatic rings. The molecule has 7 nitrogen and oxygen atoms in total. The first-order valence-corrected chi connectivity index (χ1v) is 11.1. The molecule has 3 rings (SSSR count). The first kappa shape index (κ1) is 22.3. The van der Waals surface area contributed by atoms with E-state index in [0.29, 0.717) is 34.3 Å². The molecular formula is C22H19ClN2O5S. The predicted octanol–water partition coefficient (Wildman–Crippen LogP) is 4.27. The molecule has 0 unspecified atom stereocenters. The van der Waals surface area contributed by atoms with Gasteiger partial charge in [0.15, 0.2) is 0 Å². The lowest BCUT2D eigenvalue weighted by Gasteiger charge is -2.06. The fraction of sp³-hybridized carbons (Fsp3) is 0.0909. The monoisotopic (exact) mass is 458 g/mol. The third-order valence-corrected chi connectivity index (χ3v) is 5.49. The van der Waals surface area contributed by atoms with Gasteiger partial charge in [-0.05, 0) is 85.3 Å². The number of esters is 1. The molecule has 0 radical (unpaired) electrons. The zero-order valence-corrected chi connectivity index (χ0v) is 18.1. The third kappa shape index (κ3) is 6.31. The van der Waals surface area contributed by atoms with Gasteiger partial charge >= 0.3 is 5.97 Å². The normalized spacial score (nSPS) is 11.3. The number of hydrogen-bond acceptors (Lipinski definition) is 6. The van der Waals surface area contributed by atoms with E-state index in [-0.39, 0.29) is 4.90 Å². The van der Waals surface area contributed by atoms with Crippen LogP contribution in [0.4, 0.5) is 0 Å². The van der Waals surface area contributed by atoms with Crippen LogP contribution in [0.15, 0.2) is 82.8 Å². The molecule has 0 fully saturated rings. The van der Waals surface area contributed by atoms with E-state index >= 15 is 0 Å². The van der Waals surface area contributed by atoms with Crippen molar-refractivity contribution in [2.75, 3.05) is 6.61 Å². The van der Waals surface area contributed by atoms with E-state index in [2.05, 4.69) is 9.93 Å². The summed E-state index contributed by atoms with van der Waals surface area (Å²) in [4.78, 5) is 14.4. The molecule has 9 heteroatoms. The number of hydrazone groups is 1. The molecular weight excluding hydrogens is 440 g/mol. The van der Waals surface area contributed by atoms with Crippen molar-refractivity contribution in [2.45, 2.75) is 11.8 Å². The number of nitrogens with one attached hydrogen (secondary N) is 1. The number of rotatable bonds is 8. The second kappa shape index (κ2) is 10.1. The van der Waals surface area contributed by atoms with Crippen molar-refractivity contribution in [2.24, 2.45) is 5.10 Å². The number of hydrogen-bond donors (Lipinski definition) is 1. The standard InChI is InChI=1S/C22H19ClN2O5S/c1-2-29-19-11-5-17(6-12-19)22(26)30-20-9-3-16(4-10-20)15-24-25-31(27,28)21-13-7-18(23)8-14-21/h3-15,25H,2H2,1H3/b24-15-. The fourth-order valence-electron chi connectivity index (χ4n) is 2.48. The molecule has 0 aromatic heterocycles. The number of halogens is 1. The smallest absolute Gasteiger partial charge is 0.343 e. The van der Waals surface area contributed by atoms with Gasteiger partial charge in [-0.3, -0.25) is 0 Å². The highest BCUT2D eigenvalue weighted by Crippen LogP contribution is 2.17. The van der Waals surface area contributed by atoms with Crippen molar-refractivity contribution in [3.8, 4) is 11.5 Å². The average Bonchev–Trinajstić information content (AvgIpc) is 2.76. The van der Waals surface area contributed by atoms with E-state index in [0.717, 1.165) is 0 Å². The van der Waals surface area contributed by atoms with Gasteiger partial charge in [-0.2, -0.15) is 13.5 Å². The zero-order valence-electron chi connectivity index (χ0n) is 16.5. The van der Waals surface area contributed by atoms with E-state index in [1.54, 1.807) is 48.5 Å². The Morgan fingerprint density at radius 3 is 2.19 bits per heavy atom. The number of nitrogens with zero attached hydrogens (tertiary/aromatic N) is 1. The Bertz CT molecular complexity index is 1160. The van der Waals surface area contributed by atoms with Crippen LogP contribution in [-0.2, 0) is 10.0 Å². The van der Waals surface area contributed by atoms with Gasteiger partial charge < -0.3 is 9.47 Å². The lowest BCUT2D eigenvalue weighted by atomic mass is 10.2. The molecule has 0 aliphatic heterocycles. The molecule has 0 atom stereocenters. The van der Waals surface area contributed by atoms with Crippen LogP contribution in [0, 0.1) is 0 Å². The lowest BCUT2D eigenvalue weighted by Crippen LogP contribution is -2.18. The van der Waals surface area contributed by atoms with Crippen molar-refractivity contribution in [3.63, 3.8) is 0 Å². The van der Waals surface area contributed by atoms with Crippen molar-refractivity contribution < 1.29 is 22.7 Å². The Hall–Kier alpha value is -3.36. The van der Waals surface area contributed by atoms with E-state index in [9.17, 15) is 13.2 Å². The molecule has 31 heavy (non-hydrogen) atoms. The van der Waals surface area contributed by atoms with Crippen LogP contribution in [0.5, 0.6) is 11.5 Å². The van der Waals surface area contributed by atoms with Crippen molar-refractivity contribution >= 4 is 33.8 Å². The molecule has 0 heterocycles. The summed E-state index contributed by atoms with van der Waals surface area (Å²) in [5.74, 6) is 0.521. The quantitative estimate of drug-likeness (QED) is 0.235. The summed E-state index contributed by atoms with van der Waals surface area (Å²) in [5.41, 5.74) is 1.00. The molecule has 0 saturated heterocycles. The van der Waals surface area contributed by atoms with Crippen LogP contribution >= 0.6 is 11.6 Å². The second-order valence-corrected chi connectivity index (χ2v) is 8.32. The van der Waals surface area contributed by atoms with E-state index < -0.39 is 16.0 Å². The minimum Gasteiger partial charge on any atom is -0.494 e. The van der Waals surface area contributed by atoms with Crippen LogP contribution in [0.3, 0.4) is 0 Å².